The Morgan fingerprint density at radius 3 is 2.24 bits per heavy atom. The average Bonchev–Trinajstić information content (AvgIpc) is 2.34. The number of benzene rings is 1. The fourth-order valence-corrected chi connectivity index (χ4v) is 1.80. The summed E-state index contributed by atoms with van der Waals surface area (Å²) < 4.78 is 5.68. The van der Waals surface area contributed by atoms with E-state index in [0.29, 0.717) is 12.0 Å². The summed E-state index contributed by atoms with van der Waals surface area (Å²) in [7, 11) is 0. The van der Waals surface area contributed by atoms with Crippen LogP contribution in [-0.2, 0) is 0 Å². The minimum Gasteiger partial charge on any atom is -0.493 e. The largest absolute Gasteiger partial charge is 0.493 e. The summed E-state index contributed by atoms with van der Waals surface area (Å²) in [5.41, 5.74) is 1.34. The van der Waals surface area contributed by atoms with Gasteiger partial charge >= 0.3 is 0 Å². The van der Waals surface area contributed by atoms with E-state index in [4.69, 9.17) is 4.74 Å². The summed E-state index contributed by atoms with van der Waals surface area (Å²) in [6.45, 7) is 10.5. The topological polar surface area (TPSA) is 21.3 Å². The van der Waals surface area contributed by atoms with Crippen LogP contribution in [0.2, 0.25) is 0 Å². The molecule has 0 aliphatic rings. The normalized spacial score (nSPS) is 12.8. The van der Waals surface area contributed by atoms with Crippen LogP contribution in [0.4, 0.5) is 0 Å². The quantitative estimate of drug-likeness (QED) is 0.776. The van der Waals surface area contributed by atoms with Crippen LogP contribution in [0.3, 0.4) is 0 Å². The Hall–Kier alpha value is -1.02. The molecule has 96 valence electrons. The molecule has 2 heteroatoms. The third-order valence-electron chi connectivity index (χ3n) is 2.72. The molecule has 1 unspecified atom stereocenters. The second-order valence-corrected chi connectivity index (χ2v) is 4.79. The Bertz CT molecular complexity index is 305. The third kappa shape index (κ3) is 4.78. The van der Waals surface area contributed by atoms with Gasteiger partial charge in [0.15, 0.2) is 0 Å². The first-order valence-corrected chi connectivity index (χ1v) is 6.63. The predicted molar refractivity (Wildman–Crippen MR) is 73.5 cm³/mol. The maximum atomic E-state index is 5.68. The Labute approximate surface area is 105 Å². The van der Waals surface area contributed by atoms with E-state index in [9.17, 15) is 0 Å². The smallest absolute Gasteiger partial charge is 0.119 e. The van der Waals surface area contributed by atoms with Gasteiger partial charge in [-0.2, -0.15) is 0 Å². The summed E-state index contributed by atoms with van der Waals surface area (Å²) in [6.07, 6.45) is 1.11. The van der Waals surface area contributed by atoms with Gasteiger partial charge in [0.2, 0.25) is 0 Å². The Morgan fingerprint density at radius 2 is 1.76 bits per heavy atom. The van der Waals surface area contributed by atoms with Gasteiger partial charge < -0.3 is 10.1 Å². The molecular formula is C15H25NO. The molecule has 0 fully saturated rings. The van der Waals surface area contributed by atoms with Crippen molar-refractivity contribution in [1.82, 2.24) is 5.32 Å². The summed E-state index contributed by atoms with van der Waals surface area (Å²) >= 11 is 0. The van der Waals surface area contributed by atoms with Gasteiger partial charge in [-0.25, -0.2) is 0 Å². The van der Waals surface area contributed by atoms with E-state index in [0.717, 1.165) is 25.3 Å². The highest BCUT2D eigenvalue weighted by Gasteiger charge is 2.07. The first kappa shape index (κ1) is 14.0. The molecule has 0 radical (unpaired) electrons. The van der Waals surface area contributed by atoms with Crippen molar-refractivity contribution in [3.63, 3.8) is 0 Å². The lowest BCUT2D eigenvalue weighted by molar-refractivity contribution is 0.271. The molecule has 0 saturated carbocycles. The van der Waals surface area contributed by atoms with E-state index in [1.54, 1.807) is 0 Å². The average molecular weight is 235 g/mol. The summed E-state index contributed by atoms with van der Waals surface area (Å²) in [5, 5.41) is 3.48. The molecule has 1 rings (SSSR count). The minimum atomic E-state index is 0.458. The van der Waals surface area contributed by atoms with E-state index in [2.05, 4.69) is 57.3 Å². The minimum absolute atomic E-state index is 0.458. The second-order valence-electron chi connectivity index (χ2n) is 4.79. The predicted octanol–water partition coefficient (Wildman–Crippen LogP) is 3.78. The highest BCUT2D eigenvalue weighted by Crippen LogP contribution is 2.20. The van der Waals surface area contributed by atoms with Crippen LogP contribution in [0, 0.1) is 5.92 Å². The van der Waals surface area contributed by atoms with Crippen LogP contribution in [0.1, 0.15) is 45.7 Å². The van der Waals surface area contributed by atoms with Gasteiger partial charge in [-0.3, -0.25) is 0 Å². The summed E-state index contributed by atoms with van der Waals surface area (Å²) in [6, 6.07) is 8.91. The first-order chi connectivity index (χ1) is 8.17. The molecule has 1 atom stereocenters. The number of hydrogen-bond donors (Lipinski definition) is 1. The number of ether oxygens (including phenoxy) is 1. The monoisotopic (exact) mass is 235 g/mol. The summed E-state index contributed by atoms with van der Waals surface area (Å²) in [4.78, 5) is 0. The van der Waals surface area contributed by atoms with Crippen LogP contribution in [-0.4, -0.2) is 13.2 Å². The fourth-order valence-electron chi connectivity index (χ4n) is 1.80. The maximum absolute atomic E-state index is 5.68. The van der Waals surface area contributed by atoms with E-state index in [-0.39, 0.29) is 0 Å². The number of nitrogens with one attached hydrogen (secondary N) is 1. The summed E-state index contributed by atoms with van der Waals surface area (Å²) in [5.74, 6) is 1.54. The van der Waals surface area contributed by atoms with Gasteiger partial charge in [-0.05, 0) is 36.6 Å². The van der Waals surface area contributed by atoms with E-state index >= 15 is 0 Å². The standard InChI is InChI=1S/C15H25NO/c1-5-15(16-6-2)13-7-9-14(10-8-13)17-11-12(3)4/h7-10,12,15-16H,5-6,11H2,1-4H3. The van der Waals surface area contributed by atoms with Crippen molar-refractivity contribution in [3.05, 3.63) is 29.8 Å². The molecule has 0 bridgehead atoms. The molecule has 0 aliphatic heterocycles. The molecule has 1 aromatic rings. The molecule has 0 saturated heterocycles. The fraction of sp³-hybridized carbons (Fsp3) is 0.600. The molecule has 0 heterocycles. The van der Waals surface area contributed by atoms with Gasteiger partial charge in [0.1, 0.15) is 5.75 Å². The Balaban J connectivity index is 2.59. The van der Waals surface area contributed by atoms with Crippen LogP contribution in [0.5, 0.6) is 5.75 Å². The highest BCUT2D eigenvalue weighted by molar-refractivity contribution is 5.29. The van der Waals surface area contributed by atoms with Gasteiger partial charge in [0.25, 0.3) is 0 Å². The molecular weight excluding hydrogens is 210 g/mol. The Morgan fingerprint density at radius 1 is 1.12 bits per heavy atom. The van der Waals surface area contributed by atoms with Crippen LogP contribution in [0.25, 0.3) is 0 Å². The SMILES string of the molecule is CCNC(CC)c1ccc(OCC(C)C)cc1. The lowest BCUT2D eigenvalue weighted by atomic mass is 10.0. The van der Waals surface area contributed by atoms with Crippen LogP contribution >= 0.6 is 0 Å². The first-order valence-electron chi connectivity index (χ1n) is 6.63. The van der Waals surface area contributed by atoms with Gasteiger partial charge in [-0.15, -0.1) is 0 Å². The molecule has 0 aliphatic carbocycles. The van der Waals surface area contributed by atoms with Gasteiger partial charge in [-0.1, -0.05) is 39.8 Å². The van der Waals surface area contributed by atoms with E-state index in [1.165, 1.54) is 5.56 Å². The Kier molecular flexibility index (Phi) is 6.06. The van der Waals surface area contributed by atoms with Crippen molar-refractivity contribution in [2.45, 2.75) is 40.2 Å². The van der Waals surface area contributed by atoms with Gasteiger partial charge in [0, 0.05) is 6.04 Å². The van der Waals surface area contributed by atoms with E-state index < -0.39 is 0 Å². The van der Waals surface area contributed by atoms with E-state index in [1.807, 2.05) is 0 Å². The molecule has 17 heavy (non-hydrogen) atoms. The molecule has 0 amide bonds. The lowest BCUT2D eigenvalue weighted by Crippen LogP contribution is -2.19. The molecule has 1 aromatic carbocycles. The van der Waals surface area contributed by atoms with Crippen molar-refractivity contribution >= 4 is 0 Å². The van der Waals surface area contributed by atoms with Crippen molar-refractivity contribution in [3.8, 4) is 5.75 Å². The zero-order chi connectivity index (χ0) is 12.7. The maximum Gasteiger partial charge on any atom is 0.119 e. The van der Waals surface area contributed by atoms with Crippen LogP contribution < -0.4 is 10.1 Å². The van der Waals surface area contributed by atoms with Crippen molar-refractivity contribution in [1.29, 1.82) is 0 Å². The lowest BCUT2D eigenvalue weighted by Gasteiger charge is -2.17. The molecule has 1 N–H and O–H groups in total. The molecule has 0 aromatic heterocycles. The van der Waals surface area contributed by atoms with Crippen molar-refractivity contribution in [2.24, 2.45) is 5.92 Å². The van der Waals surface area contributed by atoms with Gasteiger partial charge in [0.05, 0.1) is 6.61 Å². The van der Waals surface area contributed by atoms with Crippen molar-refractivity contribution in [2.75, 3.05) is 13.2 Å². The molecule has 2 nitrogen and oxygen atoms in total. The molecule has 0 spiro atoms. The zero-order valence-electron chi connectivity index (χ0n) is 11.5. The second kappa shape index (κ2) is 7.33. The van der Waals surface area contributed by atoms with Crippen molar-refractivity contribution < 1.29 is 4.74 Å². The number of hydrogen-bond acceptors (Lipinski definition) is 2. The third-order valence-corrected chi connectivity index (χ3v) is 2.72. The highest BCUT2D eigenvalue weighted by atomic mass is 16.5. The van der Waals surface area contributed by atoms with Crippen LogP contribution in [0.15, 0.2) is 24.3 Å². The number of rotatable bonds is 7. The zero-order valence-corrected chi connectivity index (χ0v) is 11.5.